The normalized spacial score (nSPS) is 11.8. The Kier molecular flexibility index (Phi) is 5.27. The van der Waals surface area contributed by atoms with Crippen molar-refractivity contribution in [1.29, 1.82) is 0 Å². The number of ether oxygens (including phenoxy) is 1. The molecule has 4 nitrogen and oxygen atoms in total. The van der Waals surface area contributed by atoms with Gasteiger partial charge in [0.2, 0.25) is 0 Å². The molecule has 1 aromatic carbocycles. The quantitative estimate of drug-likeness (QED) is 0.831. The van der Waals surface area contributed by atoms with E-state index in [1.807, 2.05) is 11.4 Å². The maximum absolute atomic E-state index is 13.3. The number of thiophene rings is 1. The van der Waals surface area contributed by atoms with Crippen molar-refractivity contribution >= 4 is 23.0 Å². The average Bonchev–Trinajstić information content (AvgIpc) is 3.01. The van der Waals surface area contributed by atoms with Gasteiger partial charge in [0.25, 0.3) is 5.91 Å². The number of amides is 1. The molecule has 1 atom stereocenters. The number of hydrogen-bond acceptors (Lipinski definition) is 4. The Balaban J connectivity index is 1.98. The van der Waals surface area contributed by atoms with Crippen LogP contribution in [0.3, 0.4) is 0 Å². The largest absolute Gasteiger partial charge is 0.494 e. The van der Waals surface area contributed by atoms with Crippen LogP contribution >= 0.6 is 11.3 Å². The smallest absolute Gasteiger partial charge is 0.251 e. The van der Waals surface area contributed by atoms with E-state index in [9.17, 15) is 14.0 Å². The zero-order valence-electron chi connectivity index (χ0n) is 12.3. The van der Waals surface area contributed by atoms with E-state index in [-0.39, 0.29) is 35.5 Å². The van der Waals surface area contributed by atoms with Gasteiger partial charge in [0.05, 0.1) is 12.0 Å². The van der Waals surface area contributed by atoms with Crippen molar-refractivity contribution in [2.24, 2.45) is 0 Å². The molecule has 0 aliphatic carbocycles. The van der Waals surface area contributed by atoms with E-state index in [1.165, 1.54) is 36.6 Å². The molecule has 116 valence electrons. The van der Waals surface area contributed by atoms with Gasteiger partial charge < -0.3 is 10.1 Å². The Labute approximate surface area is 131 Å². The molecule has 0 bridgehead atoms. The number of methoxy groups -OCH3 is 1. The predicted molar refractivity (Wildman–Crippen MR) is 83.1 cm³/mol. The van der Waals surface area contributed by atoms with Crippen LogP contribution < -0.4 is 10.1 Å². The third-order valence-corrected chi connectivity index (χ3v) is 3.99. The molecule has 2 rings (SSSR count). The van der Waals surface area contributed by atoms with Crippen molar-refractivity contribution in [3.05, 3.63) is 52.0 Å². The van der Waals surface area contributed by atoms with Crippen molar-refractivity contribution in [3.8, 4) is 5.75 Å². The highest BCUT2D eigenvalue weighted by atomic mass is 32.1. The van der Waals surface area contributed by atoms with Gasteiger partial charge in [-0.3, -0.25) is 9.59 Å². The van der Waals surface area contributed by atoms with Gasteiger partial charge in [0, 0.05) is 18.0 Å². The fraction of sp³-hybridized carbons (Fsp3) is 0.250. The van der Waals surface area contributed by atoms with Crippen LogP contribution in [0.1, 0.15) is 33.4 Å². The molecule has 2 aromatic rings. The number of carbonyl (C=O) groups excluding carboxylic acids is 2. The summed E-state index contributed by atoms with van der Waals surface area (Å²) in [6.07, 6.45) is 0.213. The van der Waals surface area contributed by atoms with Gasteiger partial charge in [0.15, 0.2) is 17.3 Å². The summed E-state index contributed by atoms with van der Waals surface area (Å²) in [6, 6.07) is 7.13. The fourth-order valence-electron chi connectivity index (χ4n) is 1.98. The summed E-state index contributed by atoms with van der Waals surface area (Å²) in [5.41, 5.74) is 0.286. The lowest BCUT2D eigenvalue weighted by Gasteiger charge is -2.13. The number of Topliss-reactive ketones (excluding diaryl/α,β-unsaturated/α-hetero) is 1. The molecule has 1 heterocycles. The fourth-order valence-corrected chi connectivity index (χ4v) is 2.65. The van der Waals surface area contributed by atoms with Gasteiger partial charge in [-0.1, -0.05) is 6.07 Å². The molecule has 0 aliphatic rings. The van der Waals surface area contributed by atoms with Crippen molar-refractivity contribution in [3.63, 3.8) is 0 Å². The van der Waals surface area contributed by atoms with E-state index in [1.54, 1.807) is 13.0 Å². The summed E-state index contributed by atoms with van der Waals surface area (Å²) in [4.78, 5) is 24.7. The summed E-state index contributed by atoms with van der Waals surface area (Å²) in [5.74, 6) is -0.904. The SMILES string of the molecule is COc1cc(C(=O)N[C@@H](C)CC(=O)c2cccs2)ccc1F. The van der Waals surface area contributed by atoms with Crippen LogP contribution in [0.2, 0.25) is 0 Å². The van der Waals surface area contributed by atoms with Crippen LogP contribution in [0.15, 0.2) is 35.7 Å². The summed E-state index contributed by atoms with van der Waals surface area (Å²) in [6.45, 7) is 1.75. The topological polar surface area (TPSA) is 55.4 Å². The molecule has 0 fully saturated rings. The highest BCUT2D eigenvalue weighted by molar-refractivity contribution is 7.12. The molecule has 22 heavy (non-hydrogen) atoms. The standard InChI is InChI=1S/C16H16FNO3S/c1-10(8-13(19)15-4-3-7-22-15)18-16(20)11-5-6-12(17)14(9-11)21-2/h3-7,9-10H,8H2,1-2H3,(H,18,20)/t10-/m0/s1. The third kappa shape index (κ3) is 3.92. The van der Waals surface area contributed by atoms with Crippen molar-refractivity contribution in [1.82, 2.24) is 5.32 Å². The summed E-state index contributed by atoms with van der Waals surface area (Å²) < 4.78 is 18.2. The average molecular weight is 321 g/mol. The summed E-state index contributed by atoms with van der Waals surface area (Å²) in [5, 5.41) is 4.56. The molecular formula is C16H16FNO3S. The number of halogens is 1. The molecule has 0 saturated carbocycles. The van der Waals surface area contributed by atoms with Crippen molar-refractivity contribution in [2.75, 3.05) is 7.11 Å². The van der Waals surface area contributed by atoms with Gasteiger partial charge in [-0.05, 0) is 36.6 Å². The maximum Gasteiger partial charge on any atom is 0.251 e. The van der Waals surface area contributed by atoms with E-state index >= 15 is 0 Å². The van der Waals surface area contributed by atoms with Gasteiger partial charge in [-0.2, -0.15) is 0 Å². The molecule has 1 N–H and O–H groups in total. The highest BCUT2D eigenvalue weighted by Crippen LogP contribution is 2.18. The Morgan fingerprint density at radius 3 is 2.77 bits per heavy atom. The molecule has 1 amide bonds. The molecule has 0 unspecified atom stereocenters. The van der Waals surface area contributed by atoms with Gasteiger partial charge >= 0.3 is 0 Å². The molecule has 1 aromatic heterocycles. The Hall–Kier alpha value is -2.21. The Morgan fingerprint density at radius 2 is 2.14 bits per heavy atom. The molecule has 6 heteroatoms. The number of ketones is 1. The van der Waals surface area contributed by atoms with E-state index < -0.39 is 5.82 Å². The Morgan fingerprint density at radius 1 is 1.36 bits per heavy atom. The summed E-state index contributed by atoms with van der Waals surface area (Å²) in [7, 11) is 1.34. The minimum Gasteiger partial charge on any atom is -0.494 e. The third-order valence-electron chi connectivity index (χ3n) is 3.08. The maximum atomic E-state index is 13.3. The number of carbonyl (C=O) groups is 2. The molecule has 0 saturated heterocycles. The minimum atomic E-state index is -0.528. The second-order valence-electron chi connectivity index (χ2n) is 4.83. The lowest BCUT2D eigenvalue weighted by atomic mass is 10.1. The van der Waals surface area contributed by atoms with Gasteiger partial charge in [-0.15, -0.1) is 11.3 Å². The van der Waals surface area contributed by atoms with Gasteiger partial charge in [0.1, 0.15) is 0 Å². The zero-order chi connectivity index (χ0) is 16.1. The Bertz CT molecular complexity index is 670. The van der Waals surface area contributed by atoms with Crippen molar-refractivity contribution < 1.29 is 18.7 Å². The van der Waals surface area contributed by atoms with Crippen LogP contribution in [-0.4, -0.2) is 24.8 Å². The lowest BCUT2D eigenvalue weighted by Crippen LogP contribution is -2.34. The number of benzene rings is 1. The monoisotopic (exact) mass is 321 g/mol. The molecular weight excluding hydrogens is 305 g/mol. The first-order chi connectivity index (χ1) is 10.5. The molecule has 0 aliphatic heterocycles. The lowest BCUT2D eigenvalue weighted by molar-refractivity contribution is 0.0919. The zero-order valence-corrected chi connectivity index (χ0v) is 13.1. The second-order valence-corrected chi connectivity index (χ2v) is 5.78. The van der Waals surface area contributed by atoms with Crippen LogP contribution in [0, 0.1) is 5.82 Å². The summed E-state index contributed by atoms with van der Waals surface area (Å²) >= 11 is 1.37. The van der Waals surface area contributed by atoms with Crippen molar-refractivity contribution in [2.45, 2.75) is 19.4 Å². The van der Waals surface area contributed by atoms with Gasteiger partial charge in [-0.25, -0.2) is 4.39 Å². The number of hydrogen-bond donors (Lipinski definition) is 1. The van der Waals surface area contributed by atoms with Crippen LogP contribution in [0.5, 0.6) is 5.75 Å². The van der Waals surface area contributed by atoms with Crippen LogP contribution in [0.4, 0.5) is 4.39 Å². The van der Waals surface area contributed by atoms with E-state index in [4.69, 9.17) is 4.74 Å². The first-order valence-electron chi connectivity index (χ1n) is 6.72. The predicted octanol–water partition coefficient (Wildman–Crippen LogP) is 3.29. The van der Waals surface area contributed by atoms with Crippen LogP contribution in [0.25, 0.3) is 0 Å². The molecule has 0 radical (unpaired) electrons. The first-order valence-corrected chi connectivity index (χ1v) is 7.60. The van der Waals surface area contributed by atoms with E-state index in [2.05, 4.69) is 5.32 Å². The highest BCUT2D eigenvalue weighted by Gasteiger charge is 2.16. The minimum absolute atomic E-state index is 0.00923. The number of nitrogens with one attached hydrogen (secondary N) is 1. The first kappa shape index (κ1) is 16.2. The number of rotatable bonds is 6. The second kappa shape index (κ2) is 7.17. The van der Waals surface area contributed by atoms with E-state index in [0.717, 1.165) is 0 Å². The van der Waals surface area contributed by atoms with E-state index in [0.29, 0.717) is 4.88 Å². The molecule has 0 spiro atoms. The van der Waals surface area contributed by atoms with Crippen LogP contribution in [-0.2, 0) is 0 Å².